The van der Waals surface area contributed by atoms with Gasteiger partial charge in [0.25, 0.3) is 5.91 Å². The van der Waals surface area contributed by atoms with Gasteiger partial charge in [-0.1, -0.05) is 18.6 Å². The van der Waals surface area contributed by atoms with Crippen LogP contribution in [0.25, 0.3) is 0 Å². The van der Waals surface area contributed by atoms with E-state index in [1.54, 1.807) is 6.92 Å². The first-order chi connectivity index (χ1) is 11.5. The van der Waals surface area contributed by atoms with Crippen LogP contribution in [0.15, 0.2) is 24.3 Å². The van der Waals surface area contributed by atoms with Crippen molar-refractivity contribution in [1.29, 1.82) is 0 Å². The molecule has 2 aliphatic rings. The summed E-state index contributed by atoms with van der Waals surface area (Å²) >= 11 is 0. The molecule has 5 nitrogen and oxygen atoms in total. The molecule has 132 valence electrons. The van der Waals surface area contributed by atoms with Crippen LogP contribution in [0.2, 0.25) is 0 Å². The van der Waals surface area contributed by atoms with Crippen LogP contribution in [-0.4, -0.2) is 43.5 Å². The molecule has 1 N–H and O–H groups in total. The lowest BCUT2D eigenvalue weighted by Crippen LogP contribution is -2.46. The van der Waals surface area contributed by atoms with E-state index in [1.807, 2.05) is 12.1 Å². The number of carbonyl (C=O) groups excluding carboxylic acids is 1. The summed E-state index contributed by atoms with van der Waals surface area (Å²) in [5.74, 6) is 0.746. The number of nitrogens with zero attached hydrogens (tertiary/aromatic N) is 1. The van der Waals surface area contributed by atoms with Crippen molar-refractivity contribution in [2.24, 2.45) is 0 Å². The van der Waals surface area contributed by atoms with Gasteiger partial charge in [-0.3, -0.25) is 4.79 Å². The quantitative estimate of drug-likeness (QED) is 0.887. The fourth-order valence-electron chi connectivity index (χ4n) is 3.38. The minimum absolute atomic E-state index is 0.0483. The van der Waals surface area contributed by atoms with Gasteiger partial charge in [0.2, 0.25) is 10.0 Å². The second kappa shape index (κ2) is 7.23. The average molecular weight is 350 g/mol. The Morgan fingerprint density at radius 3 is 2.25 bits per heavy atom. The van der Waals surface area contributed by atoms with Gasteiger partial charge >= 0.3 is 0 Å². The van der Waals surface area contributed by atoms with Crippen LogP contribution in [0.1, 0.15) is 60.9 Å². The number of hydrogen-bond acceptors (Lipinski definition) is 3. The van der Waals surface area contributed by atoms with E-state index in [0.29, 0.717) is 37.4 Å². The summed E-state index contributed by atoms with van der Waals surface area (Å²) in [5.41, 5.74) is 2.01. The Hall–Kier alpha value is -1.40. The van der Waals surface area contributed by atoms with E-state index in [1.165, 1.54) is 29.1 Å². The zero-order valence-corrected chi connectivity index (χ0v) is 15.0. The Bertz CT molecular complexity index is 673. The van der Waals surface area contributed by atoms with E-state index in [0.717, 1.165) is 0 Å². The summed E-state index contributed by atoms with van der Waals surface area (Å²) in [6.45, 7) is 2.64. The molecule has 1 aromatic rings. The van der Waals surface area contributed by atoms with Crippen LogP contribution in [0.3, 0.4) is 0 Å². The van der Waals surface area contributed by atoms with Gasteiger partial charge in [-0.05, 0) is 56.2 Å². The van der Waals surface area contributed by atoms with Crippen molar-refractivity contribution in [2.75, 3.05) is 18.8 Å². The third kappa shape index (κ3) is 3.81. The minimum atomic E-state index is -3.11. The number of amides is 1. The van der Waals surface area contributed by atoms with E-state index >= 15 is 0 Å². The van der Waals surface area contributed by atoms with E-state index in [-0.39, 0.29) is 17.7 Å². The highest BCUT2D eigenvalue weighted by molar-refractivity contribution is 7.89. The first-order valence-electron chi connectivity index (χ1n) is 8.88. The van der Waals surface area contributed by atoms with Crippen molar-refractivity contribution in [2.45, 2.75) is 51.0 Å². The Morgan fingerprint density at radius 1 is 1.12 bits per heavy atom. The number of piperidine rings is 1. The monoisotopic (exact) mass is 350 g/mol. The molecule has 24 heavy (non-hydrogen) atoms. The summed E-state index contributed by atoms with van der Waals surface area (Å²) in [4.78, 5) is 12.4. The maximum absolute atomic E-state index is 12.4. The fraction of sp³-hybridized carbons (Fsp3) is 0.611. The summed E-state index contributed by atoms with van der Waals surface area (Å²) < 4.78 is 25.3. The number of hydrogen-bond donors (Lipinski definition) is 1. The molecule has 1 aliphatic carbocycles. The van der Waals surface area contributed by atoms with Crippen LogP contribution in [0.5, 0.6) is 0 Å². The Kier molecular flexibility index (Phi) is 5.25. The molecule has 1 saturated carbocycles. The first-order valence-corrected chi connectivity index (χ1v) is 10.5. The van der Waals surface area contributed by atoms with E-state index in [9.17, 15) is 13.2 Å². The SMILES string of the molecule is CCS(=O)(=O)N1CCC(NC(=O)c2ccc(C3CCC3)cc2)CC1. The second-order valence-corrected chi connectivity index (χ2v) is 9.05. The van der Waals surface area contributed by atoms with Crippen molar-refractivity contribution in [1.82, 2.24) is 9.62 Å². The molecule has 1 aromatic carbocycles. The van der Waals surface area contributed by atoms with Crippen molar-refractivity contribution in [3.8, 4) is 0 Å². The molecule has 0 bridgehead atoms. The van der Waals surface area contributed by atoms with Gasteiger partial charge < -0.3 is 5.32 Å². The van der Waals surface area contributed by atoms with Gasteiger partial charge in [0, 0.05) is 24.7 Å². The van der Waals surface area contributed by atoms with Crippen molar-refractivity contribution < 1.29 is 13.2 Å². The third-order valence-corrected chi connectivity index (χ3v) is 7.18. The van der Waals surface area contributed by atoms with Gasteiger partial charge in [0.05, 0.1) is 5.75 Å². The number of nitrogens with one attached hydrogen (secondary N) is 1. The van der Waals surface area contributed by atoms with Gasteiger partial charge in [0.15, 0.2) is 0 Å². The van der Waals surface area contributed by atoms with E-state index < -0.39 is 10.0 Å². The zero-order chi connectivity index (χ0) is 17.2. The van der Waals surface area contributed by atoms with Crippen molar-refractivity contribution in [3.63, 3.8) is 0 Å². The van der Waals surface area contributed by atoms with E-state index in [4.69, 9.17) is 0 Å². The normalized spacial score (nSPS) is 20.5. The van der Waals surface area contributed by atoms with Crippen molar-refractivity contribution >= 4 is 15.9 Å². The van der Waals surface area contributed by atoms with Gasteiger partial charge in [0.1, 0.15) is 0 Å². The third-order valence-electron chi connectivity index (χ3n) is 5.30. The summed E-state index contributed by atoms with van der Waals surface area (Å²) in [5, 5.41) is 3.04. The van der Waals surface area contributed by atoms with Crippen LogP contribution in [0, 0.1) is 0 Å². The lowest BCUT2D eigenvalue weighted by Gasteiger charge is -2.31. The number of benzene rings is 1. The van der Waals surface area contributed by atoms with Gasteiger partial charge in [-0.25, -0.2) is 12.7 Å². The average Bonchev–Trinajstić information content (AvgIpc) is 2.54. The largest absolute Gasteiger partial charge is 0.349 e. The smallest absolute Gasteiger partial charge is 0.251 e. The lowest BCUT2D eigenvalue weighted by atomic mass is 9.80. The van der Waals surface area contributed by atoms with Gasteiger partial charge in [-0.2, -0.15) is 0 Å². The molecule has 0 radical (unpaired) electrons. The molecule has 1 aliphatic heterocycles. The van der Waals surface area contributed by atoms with Crippen molar-refractivity contribution in [3.05, 3.63) is 35.4 Å². The highest BCUT2D eigenvalue weighted by Crippen LogP contribution is 2.36. The van der Waals surface area contributed by atoms with Gasteiger partial charge in [-0.15, -0.1) is 0 Å². The molecule has 1 saturated heterocycles. The molecule has 6 heteroatoms. The van der Waals surface area contributed by atoms with Crippen LogP contribution < -0.4 is 5.32 Å². The second-order valence-electron chi connectivity index (χ2n) is 6.80. The predicted octanol–water partition coefficient (Wildman–Crippen LogP) is 2.50. The molecule has 2 fully saturated rings. The van der Waals surface area contributed by atoms with Crippen LogP contribution in [-0.2, 0) is 10.0 Å². The predicted molar refractivity (Wildman–Crippen MR) is 94.6 cm³/mol. The summed E-state index contributed by atoms with van der Waals surface area (Å²) in [6.07, 6.45) is 5.16. The molecular formula is C18H26N2O3S. The Balaban J connectivity index is 1.52. The molecular weight excluding hydrogens is 324 g/mol. The topological polar surface area (TPSA) is 66.5 Å². The summed E-state index contributed by atoms with van der Waals surface area (Å²) in [7, 11) is -3.11. The Labute approximate surface area is 144 Å². The molecule has 0 atom stereocenters. The molecule has 1 heterocycles. The summed E-state index contributed by atoms with van der Waals surface area (Å²) in [6, 6.07) is 7.98. The van der Waals surface area contributed by atoms with Crippen LogP contribution >= 0.6 is 0 Å². The molecule has 3 rings (SSSR count). The molecule has 0 aromatic heterocycles. The fourth-order valence-corrected chi connectivity index (χ4v) is 4.51. The highest BCUT2D eigenvalue weighted by atomic mass is 32.2. The first kappa shape index (κ1) is 17.4. The lowest BCUT2D eigenvalue weighted by molar-refractivity contribution is 0.0924. The number of rotatable bonds is 5. The molecule has 0 unspecified atom stereocenters. The maximum atomic E-state index is 12.4. The van der Waals surface area contributed by atoms with E-state index in [2.05, 4.69) is 17.4 Å². The maximum Gasteiger partial charge on any atom is 0.251 e. The molecule has 1 amide bonds. The highest BCUT2D eigenvalue weighted by Gasteiger charge is 2.27. The standard InChI is InChI=1S/C18H26N2O3S/c1-2-24(22,23)20-12-10-17(11-13-20)19-18(21)16-8-6-15(7-9-16)14-4-3-5-14/h6-9,14,17H,2-5,10-13H2,1H3,(H,19,21). The Morgan fingerprint density at radius 2 is 1.75 bits per heavy atom. The van der Waals surface area contributed by atoms with Crippen LogP contribution in [0.4, 0.5) is 0 Å². The molecule has 0 spiro atoms. The minimum Gasteiger partial charge on any atom is -0.349 e. The zero-order valence-electron chi connectivity index (χ0n) is 14.2. The number of sulfonamides is 1. The number of carbonyl (C=O) groups is 1.